The van der Waals surface area contributed by atoms with Gasteiger partial charge in [0.2, 0.25) is 0 Å². The second-order valence-corrected chi connectivity index (χ2v) is 4.85. The van der Waals surface area contributed by atoms with Crippen molar-refractivity contribution in [1.82, 2.24) is 10.3 Å². The fourth-order valence-electron chi connectivity index (χ4n) is 1.96. The molecule has 0 radical (unpaired) electrons. The number of ether oxygens (including phenoxy) is 1. The molecule has 0 saturated carbocycles. The lowest BCUT2D eigenvalue weighted by molar-refractivity contribution is -0.138. The third-order valence-electron chi connectivity index (χ3n) is 3.15. The van der Waals surface area contributed by atoms with Crippen LogP contribution in [0.5, 0.6) is 0 Å². The minimum atomic E-state index is -0.602. The summed E-state index contributed by atoms with van der Waals surface area (Å²) >= 11 is 0. The van der Waals surface area contributed by atoms with Crippen LogP contribution in [0.4, 0.5) is 4.39 Å². The van der Waals surface area contributed by atoms with Crippen molar-refractivity contribution in [2.24, 2.45) is 0 Å². The van der Waals surface area contributed by atoms with Crippen LogP contribution in [0, 0.1) is 11.2 Å². The minimum Gasteiger partial charge on any atom is -0.461 e. The zero-order valence-corrected chi connectivity index (χ0v) is 13.3. The van der Waals surface area contributed by atoms with Gasteiger partial charge in [-0.1, -0.05) is 24.3 Å². The Hall–Kier alpha value is -3.02. The van der Waals surface area contributed by atoms with E-state index in [9.17, 15) is 9.18 Å². The molecule has 6 heteroatoms. The number of hydrogen-bond donors (Lipinski definition) is 2. The smallest absolute Gasteiger partial charge is 0.354 e. The van der Waals surface area contributed by atoms with E-state index in [0.29, 0.717) is 11.3 Å². The molecule has 0 atom stereocenters. The lowest BCUT2D eigenvalue weighted by Gasteiger charge is -2.11. The van der Waals surface area contributed by atoms with Crippen LogP contribution in [0.3, 0.4) is 0 Å². The number of pyridine rings is 1. The number of rotatable bonds is 7. The van der Waals surface area contributed by atoms with Crippen molar-refractivity contribution in [2.45, 2.75) is 13.5 Å². The first-order chi connectivity index (χ1) is 11.6. The molecule has 0 unspecified atom stereocenters. The zero-order valence-electron chi connectivity index (χ0n) is 13.3. The Kier molecular flexibility index (Phi) is 6.19. The fraction of sp³-hybridized carbons (Fsp3) is 0.167. The molecule has 0 fully saturated rings. The molecule has 124 valence electrons. The van der Waals surface area contributed by atoms with E-state index < -0.39 is 5.97 Å². The molecule has 0 bridgehead atoms. The van der Waals surface area contributed by atoms with E-state index in [1.165, 1.54) is 12.1 Å². The molecule has 0 amide bonds. The summed E-state index contributed by atoms with van der Waals surface area (Å²) in [5, 5.41) is 10.9. The van der Waals surface area contributed by atoms with Gasteiger partial charge in [-0.3, -0.25) is 10.4 Å². The van der Waals surface area contributed by atoms with E-state index in [1.807, 2.05) is 0 Å². The predicted octanol–water partition coefficient (Wildman–Crippen LogP) is 2.83. The molecular formula is C18H18FN3O2. The largest absolute Gasteiger partial charge is 0.461 e. The Morgan fingerprint density at radius 1 is 1.29 bits per heavy atom. The summed E-state index contributed by atoms with van der Waals surface area (Å²) in [6.45, 7) is 2.00. The molecule has 5 nitrogen and oxygen atoms in total. The number of aromatic nitrogens is 1. The first-order valence-corrected chi connectivity index (χ1v) is 7.48. The number of esters is 1. The molecular weight excluding hydrogens is 309 g/mol. The number of hydrogen-bond acceptors (Lipinski definition) is 5. The highest BCUT2D eigenvalue weighted by Crippen LogP contribution is 2.08. The van der Waals surface area contributed by atoms with Crippen LogP contribution in [0.15, 0.2) is 60.4 Å². The van der Waals surface area contributed by atoms with Gasteiger partial charge in [0.1, 0.15) is 11.5 Å². The standard InChI is InChI=1S/C18H18FN3O2/c1-2-24-18(23)17(11-15(20)16-9-5-6-10-21-16)22-12-13-7-3-4-8-14(13)19/h3-11,20,22H,2,12H2,1H3/b17-11-,20-15?. The summed E-state index contributed by atoms with van der Waals surface area (Å²) in [7, 11) is 0. The average molecular weight is 327 g/mol. The summed E-state index contributed by atoms with van der Waals surface area (Å²) in [6, 6.07) is 11.4. The normalized spacial score (nSPS) is 11.0. The number of allylic oxidation sites excluding steroid dienone is 1. The first kappa shape index (κ1) is 17.3. The van der Waals surface area contributed by atoms with Gasteiger partial charge < -0.3 is 10.1 Å². The maximum Gasteiger partial charge on any atom is 0.354 e. The summed E-state index contributed by atoms with van der Waals surface area (Å²) in [6.07, 6.45) is 2.90. The Bertz CT molecular complexity index is 745. The third-order valence-corrected chi connectivity index (χ3v) is 3.15. The van der Waals surface area contributed by atoms with E-state index in [4.69, 9.17) is 10.1 Å². The molecule has 0 saturated heterocycles. The summed E-state index contributed by atoms with van der Waals surface area (Å²) < 4.78 is 18.7. The summed E-state index contributed by atoms with van der Waals surface area (Å²) in [5.41, 5.74) is 0.972. The molecule has 2 aromatic rings. The van der Waals surface area contributed by atoms with Crippen LogP contribution < -0.4 is 5.32 Å². The van der Waals surface area contributed by atoms with Gasteiger partial charge in [-0.25, -0.2) is 9.18 Å². The quantitative estimate of drug-likeness (QED) is 0.466. The van der Waals surface area contributed by atoms with Crippen LogP contribution in [0.2, 0.25) is 0 Å². The maximum absolute atomic E-state index is 13.7. The maximum atomic E-state index is 13.7. The molecule has 24 heavy (non-hydrogen) atoms. The van der Waals surface area contributed by atoms with Crippen molar-refractivity contribution in [1.29, 1.82) is 5.41 Å². The molecule has 1 aromatic heterocycles. The number of carbonyl (C=O) groups excluding carboxylic acids is 1. The van der Waals surface area contributed by atoms with Gasteiger partial charge in [-0.05, 0) is 31.2 Å². The Morgan fingerprint density at radius 3 is 2.71 bits per heavy atom. The van der Waals surface area contributed by atoms with Crippen molar-refractivity contribution >= 4 is 11.7 Å². The van der Waals surface area contributed by atoms with Gasteiger partial charge in [0.05, 0.1) is 18.0 Å². The minimum absolute atomic E-state index is 0.0553. The molecule has 2 N–H and O–H groups in total. The van der Waals surface area contributed by atoms with Gasteiger partial charge in [0.25, 0.3) is 0 Å². The predicted molar refractivity (Wildman–Crippen MR) is 89.0 cm³/mol. The fourth-order valence-corrected chi connectivity index (χ4v) is 1.96. The van der Waals surface area contributed by atoms with Crippen LogP contribution in [-0.4, -0.2) is 23.3 Å². The Balaban J connectivity index is 2.18. The number of halogens is 1. The average Bonchev–Trinajstić information content (AvgIpc) is 2.60. The topological polar surface area (TPSA) is 75.1 Å². The SMILES string of the molecule is CCOC(=O)/C(=C/C(=N)c1ccccn1)NCc1ccccc1F. The van der Waals surface area contributed by atoms with E-state index in [0.717, 1.165) is 0 Å². The number of benzene rings is 1. The summed E-state index contributed by atoms with van der Waals surface area (Å²) in [5.74, 6) is -0.970. The number of carbonyl (C=O) groups is 1. The lowest BCUT2D eigenvalue weighted by atomic mass is 10.2. The Labute approximate surface area is 139 Å². The van der Waals surface area contributed by atoms with Crippen molar-refractivity contribution < 1.29 is 13.9 Å². The van der Waals surface area contributed by atoms with Gasteiger partial charge in [0, 0.05) is 18.3 Å². The van der Waals surface area contributed by atoms with Gasteiger partial charge in [-0.15, -0.1) is 0 Å². The molecule has 0 aliphatic heterocycles. The van der Waals surface area contributed by atoms with Gasteiger partial charge in [-0.2, -0.15) is 0 Å². The van der Waals surface area contributed by atoms with Crippen molar-refractivity contribution in [2.75, 3.05) is 6.61 Å². The summed E-state index contributed by atoms with van der Waals surface area (Å²) in [4.78, 5) is 16.1. The molecule has 2 rings (SSSR count). The van der Waals surface area contributed by atoms with Crippen molar-refractivity contribution in [3.8, 4) is 0 Å². The van der Waals surface area contributed by atoms with E-state index in [-0.39, 0.29) is 30.4 Å². The molecule has 1 aromatic carbocycles. The van der Waals surface area contributed by atoms with Crippen molar-refractivity contribution in [3.05, 3.63) is 77.5 Å². The van der Waals surface area contributed by atoms with Crippen LogP contribution in [-0.2, 0) is 16.1 Å². The lowest BCUT2D eigenvalue weighted by Crippen LogP contribution is -2.24. The van der Waals surface area contributed by atoms with Gasteiger partial charge in [0.15, 0.2) is 0 Å². The first-order valence-electron chi connectivity index (χ1n) is 7.48. The van der Waals surface area contributed by atoms with E-state index >= 15 is 0 Å². The Morgan fingerprint density at radius 2 is 2.04 bits per heavy atom. The van der Waals surface area contributed by atoms with E-state index in [1.54, 1.807) is 49.5 Å². The van der Waals surface area contributed by atoms with Crippen LogP contribution in [0.25, 0.3) is 0 Å². The molecule has 0 aliphatic carbocycles. The highest BCUT2D eigenvalue weighted by Gasteiger charge is 2.13. The van der Waals surface area contributed by atoms with E-state index in [2.05, 4.69) is 10.3 Å². The number of nitrogens with one attached hydrogen (secondary N) is 2. The molecule has 0 aliphatic rings. The zero-order chi connectivity index (χ0) is 17.4. The third kappa shape index (κ3) is 4.74. The highest BCUT2D eigenvalue weighted by atomic mass is 19.1. The second kappa shape index (κ2) is 8.57. The molecule has 1 heterocycles. The highest BCUT2D eigenvalue weighted by molar-refractivity contribution is 6.08. The van der Waals surface area contributed by atoms with Gasteiger partial charge >= 0.3 is 5.97 Å². The van der Waals surface area contributed by atoms with Crippen LogP contribution >= 0.6 is 0 Å². The molecule has 0 spiro atoms. The monoisotopic (exact) mass is 327 g/mol. The number of nitrogens with zero attached hydrogens (tertiary/aromatic N) is 1. The van der Waals surface area contributed by atoms with Crippen molar-refractivity contribution in [3.63, 3.8) is 0 Å². The van der Waals surface area contributed by atoms with Crippen LogP contribution in [0.1, 0.15) is 18.2 Å². The second-order valence-electron chi connectivity index (χ2n) is 4.85.